The maximum atomic E-state index is 13.6. The van der Waals surface area contributed by atoms with Crippen LogP contribution in [0.25, 0.3) is 0 Å². The number of carbonyl (C=O) groups excluding carboxylic acids is 2. The molecule has 2 N–H and O–H groups in total. The fraction of sp³-hybridized carbons (Fsp3) is 0.375. The number of imide groups is 1. The average Bonchev–Trinajstić information content (AvgIpc) is 3.09. The van der Waals surface area contributed by atoms with E-state index in [4.69, 9.17) is 9.15 Å². The minimum Gasteiger partial charge on any atom is -0.478 e. The van der Waals surface area contributed by atoms with Crippen molar-refractivity contribution in [2.24, 2.45) is 0 Å². The van der Waals surface area contributed by atoms with Crippen molar-refractivity contribution in [1.82, 2.24) is 20.8 Å². The predicted octanol–water partition coefficient (Wildman–Crippen LogP) is 2.68. The van der Waals surface area contributed by atoms with E-state index in [0.29, 0.717) is 6.54 Å². The number of hydrogen-bond acceptors (Lipinski definition) is 7. The molecule has 0 saturated heterocycles. The van der Waals surface area contributed by atoms with Gasteiger partial charge in [-0.2, -0.15) is 0 Å². The van der Waals surface area contributed by atoms with Gasteiger partial charge < -0.3 is 14.5 Å². The molecule has 0 aliphatic rings. The molecule has 8 nitrogen and oxygen atoms in total. The number of halogens is 1. The first-order chi connectivity index (χ1) is 12.5. The maximum Gasteiger partial charge on any atom is 0.321 e. The second-order valence-electron chi connectivity index (χ2n) is 5.19. The summed E-state index contributed by atoms with van der Waals surface area (Å²) in [5.41, 5.74) is 0. The zero-order valence-corrected chi connectivity index (χ0v) is 15.1. The smallest absolute Gasteiger partial charge is 0.321 e. The van der Waals surface area contributed by atoms with Gasteiger partial charge in [0.1, 0.15) is 0 Å². The third-order valence-electron chi connectivity index (χ3n) is 3.03. The van der Waals surface area contributed by atoms with Crippen LogP contribution in [0.1, 0.15) is 32.3 Å². The number of aromatic nitrogens is 2. The standard InChI is InChI=1S/C16H19FN4O4S/c1-3-8-18-15(23)19-13(22)9-26-16-21-20-14(25-16)10(2)24-12-7-5-4-6-11(12)17/h4-7,10H,3,8-9H2,1-2H3,(H2,18,19,22,23)/t10-/m1/s1. The summed E-state index contributed by atoms with van der Waals surface area (Å²) in [5.74, 6) is -0.823. The molecule has 0 aliphatic carbocycles. The van der Waals surface area contributed by atoms with Crippen LogP contribution in [0.2, 0.25) is 0 Å². The van der Waals surface area contributed by atoms with Crippen molar-refractivity contribution in [2.45, 2.75) is 31.6 Å². The van der Waals surface area contributed by atoms with Gasteiger partial charge in [-0.25, -0.2) is 9.18 Å². The van der Waals surface area contributed by atoms with Crippen LogP contribution in [0.4, 0.5) is 9.18 Å². The third kappa shape index (κ3) is 6.03. The lowest BCUT2D eigenvalue weighted by Gasteiger charge is -2.11. The summed E-state index contributed by atoms with van der Waals surface area (Å²) in [6, 6.07) is 5.44. The highest BCUT2D eigenvalue weighted by Crippen LogP contribution is 2.25. The molecule has 0 bridgehead atoms. The Balaban J connectivity index is 1.82. The van der Waals surface area contributed by atoms with Gasteiger partial charge in [0, 0.05) is 6.54 Å². The van der Waals surface area contributed by atoms with E-state index in [1.165, 1.54) is 12.1 Å². The van der Waals surface area contributed by atoms with E-state index in [9.17, 15) is 14.0 Å². The summed E-state index contributed by atoms with van der Waals surface area (Å²) in [5, 5.41) is 12.5. The zero-order valence-electron chi connectivity index (χ0n) is 14.3. The SMILES string of the molecule is CCCNC(=O)NC(=O)CSc1nnc([C@@H](C)Oc2ccccc2F)o1. The molecule has 0 aliphatic heterocycles. The van der Waals surface area contributed by atoms with Gasteiger partial charge in [0.25, 0.3) is 11.1 Å². The van der Waals surface area contributed by atoms with E-state index < -0.39 is 23.9 Å². The number of nitrogens with one attached hydrogen (secondary N) is 2. The minimum atomic E-state index is -0.664. The van der Waals surface area contributed by atoms with Crippen LogP contribution >= 0.6 is 11.8 Å². The molecule has 0 fully saturated rings. The highest BCUT2D eigenvalue weighted by molar-refractivity contribution is 7.99. The first kappa shape index (κ1) is 19.7. The number of urea groups is 1. The van der Waals surface area contributed by atoms with Crippen molar-refractivity contribution in [3.63, 3.8) is 0 Å². The number of rotatable bonds is 8. The molecule has 140 valence electrons. The Labute approximate surface area is 153 Å². The molecule has 26 heavy (non-hydrogen) atoms. The first-order valence-electron chi connectivity index (χ1n) is 7.94. The van der Waals surface area contributed by atoms with Gasteiger partial charge in [-0.15, -0.1) is 10.2 Å². The Morgan fingerprint density at radius 2 is 2.12 bits per heavy atom. The number of nitrogens with zero attached hydrogens (tertiary/aromatic N) is 2. The van der Waals surface area contributed by atoms with Gasteiger partial charge in [0.05, 0.1) is 5.75 Å². The van der Waals surface area contributed by atoms with Crippen molar-refractivity contribution >= 4 is 23.7 Å². The van der Waals surface area contributed by atoms with Crippen molar-refractivity contribution in [2.75, 3.05) is 12.3 Å². The highest BCUT2D eigenvalue weighted by Gasteiger charge is 2.18. The number of amides is 3. The summed E-state index contributed by atoms with van der Waals surface area (Å²) >= 11 is 0.980. The zero-order chi connectivity index (χ0) is 18.9. The lowest BCUT2D eigenvalue weighted by molar-refractivity contribution is -0.117. The summed E-state index contributed by atoms with van der Waals surface area (Å²) in [6.07, 6.45) is 0.108. The van der Waals surface area contributed by atoms with Crippen molar-refractivity contribution in [3.05, 3.63) is 36.0 Å². The van der Waals surface area contributed by atoms with E-state index >= 15 is 0 Å². The van der Waals surface area contributed by atoms with Crippen molar-refractivity contribution in [1.29, 1.82) is 0 Å². The van der Waals surface area contributed by atoms with Crippen LogP contribution in [-0.4, -0.2) is 34.4 Å². The molecule has 0 unspecified atom stereocenters. The fourth-order valence-corrected chi connectivity index (χ4v) is 2.37. The molecule has 1 heterocycles. The molecule has 0 radical (unpaired) electrons. The lowest BCUT2D eigenvalue weighted by Crippen LogP contribution is -2.40. The molecule has 1 aromatic heterocycles. The van der Waals surface area contributed by atoms with Crippen LogP contribution in [0.3, 0.4) is 0 Å². The number of hydrogen-bond donors (Lipinski definition) is 2. The predicted molar refractivity (Wildman–Crippen MR) is 92.3 cm³/mol. The molecule has 2 rings (SSSR count). The van der Waals surface area contributed by atoms with E-state index in [0.717, 1.165) is 18.2 Å². The number of benzene rings is 1. The quantitative estimate of drug-likeness (QED) is 0.676. The highest BCUT2D eigenvalue weighted by atomic mass is 32.2. The molecular formula is C16H19FN4O4S. The number of carbonyl (C=O) groups is 2. The monoisotopic (exact) mass is 382 g/mol. The Bertz CT molecular complexity index is 755. The van der Waals surface area contributed by atoms with Crippen molar-refractivity contribution in [3.8, 4) is 5.75 Å². The Morgan fingerprint density at radius 3 is 2.85 bits per heavy atom. The third-order valence-corrected chi connectivity index (χ3v) is 3.84. The van der Waals surface area contributed by atoms with Gasteiger partial charge >= 0.3 is 6.03 Å². The van der Waals surface area contributed by atoms with Crippen LogP contribution in [0.15, 0.2) is 33.9 Å². The topological polar surface area (TPSA) is 106 Å². The molecule has 10 heteroatoms. The molecule has 0 saturated carbocycles. The summed E-state index contributed by atoms with van der Waals surface area (Å²) in [6.45, 7) is 4.03. The van der Waals surface area contributed by atoms with E-state index in [2.05, 4.69) is 20.8 Å². The molecule has 1 atom stereocenters. The van der Waals surface area contributed by atoms with E-state index in [1.54, 1.807) is 19.1 Å². The van der Waals surface area contributed by atoms with E-state index in [-0.39, 0.29) is 22.6 Å². The molecule has 0 spiro atoms. The average molecular weight is 382 g/mol. The largest absolute Gasteiger partial charge is 0.478 e. The second-order valence-corrected chi connectivity index (χ2v) is 6.12. The van der Waals surface area contributed by atoms with Crippen LogP contribution in [0.5, 0.6) is 5.75 Å². The van der Waals surface area contributed by atoms with Gasteiger partial charge in [-0.3, -0.25) is 10.1 Å². The summed E-state index contributed by atoms with van der Waals surface area (Å²) in [4.78, 5) is 23.0. The van der Waals surface area contributed by atoms with Crippen LogP contribution in [-0.2, 0) is 4.79 Å². The molecule has 1 aromatic carbocycles. The maximum absolute atomic E-state index is 13.6. The number of para-hydroxylation sites is 1. The normalized spacial score (nSPS) is 11.7. The molecule has 2 aromatic rings. The number of thioether (sulfide) groups is 1. The fourth-order valence-electron chi connectivity index (χ4n) is 1.80. The first-order valence-corrected chi connectivity index (χ1v) is 8.93. The summed E-state index contributed by atoms with van der Waals surface area (Å²) in [7, 11) is 0. The van der Waals surface area contributed by atoms with Crippen molar-refractivity contribution < 1.29 is 23.1 Å². The number of ether oxygens (including phenoxy) is 1. The molecule has 3 amide bonds. The Morgan fingerprint density at radius 1 is 1.35 bits per heavy atom. The minimum absolute atomic E-state index is 0.0657. The second kappa shape index (κ2) is 9.76. The van der Waals surface area contributed by atoms with Crippen LogP contribution < -0.4 is 15.4 Å². The van der Waals surface area contributed by atoms with Gasteiger partial charge in [-0.1, -0.05) is 30.8 Å². The van der Waals surface area contributed by atoms with Crippen LogP contribution in [0, 0.1) is 5.82 Å². The van der Waals surface area contributed by atoms with Gasteiger partial charge in [-0.05, 0) is 25.5 Å². The van der Waals surface area contributed by atoms with Gasteiger partial charge in [0.2, 0.25) is 5.91 Å². The molecular weight excluding hydrogens is 363 g/mol. The Hall–Kier alpha value is -2.62. The van der Waals surface area contributed by atoms with E-state index in [1.807, 2.05) is 6.92 Å². The van der Waals surface area contributed by atoms with Gasteiger partial charge in [0.15, 0.2) is 17.7 Å². The summed E-state index contributed by atoms with van der Waals surface area (Å²) < 4.78 is 24.4. The lowest BCUT2D eigenvalue weighted by atomic mass is 10.3. The Kier molecular flexibility index (Phi) is 7.39.